The Morgan fingerprint density at radius 1 is 0.824 bits per heavy atom. The normalized spacial score (nSPS) is 10.2. The predicted octanol–water partition coefficient (Wildman–Crippen LogP) is 3.07. The van der Waals surface area contributed by atoms with Gasteiger partial charge in [0.25, 0.3) is 11.8 Å². The molecule has 0 aliphatic heterocycles. The van der Waals surface area contributed by atoms with Crippen molar-refractivity contribution in [1.82, 2.24) is 10.6 Å². The van der Waals surface area contributed by atoms with Crippen LogP contribution in [0.25, 0.3) is 0 Å². The zero-order valence-electron chi connectivity index (χ0n) is 19.1. The molecule has 3 amide bonds. The number of ether oxygens (including phenoxy) is 2. The first-order valence-corrected chi connectivity index (χ1v) is 10.7. The van der Waals surface area contributed by atoms with Crippen molar-refractivity contribution in [3.8, 4) is 11.5 Å². The second-order valence-corrected chi connectivity index (χ2v) is 7.51. The van der Waals surface area contributed by atoms with Gasteiger partial charge in [0, 0.05) is 12.2 Å². The van der Waals surface area contributed by atoms with Gasteiger partial charge in [-0.15, -0.1) is 0 Å². The third kappa shape index (κ3) is 7.37. The minimum absolute atomic E-state index is 0.184. The molecule has 3 N–H and O–H groups in total. The predicted molar refractivity (Wildman–Crippen MR) is 129 cm³/mol. The fourth-order valence-electron chi connectivity index (χ4n) is 3.02. The van der Waals surface area contributed by atoms with Crippen LogP contribution in [-0.2, 0) is 16.1 Å². The molecule has 0 aliphatic rings. The number of hydrogen-bond acceptors (Lipinski definition) is 5. The zero-order valence-corrected chi connectivity index (χ0v) is 19.1. The van der Waals surface area contributed by atoms with Gasteiger partial charge in [0.1, 0.15) is 11.5 Å². The number of benzene rings is 3. The lowest BCUT2D eigenvalue weighted by molar-refractivity contribution is -0.120. The summed E-state index contributed by atoms with van der Waals surface area (Å²) in [7, 11) is 1.56. The SMILES string of the molecule is COc1ccc(NC(=O)COc2ccccc2C(=O)NCC(=O)NCc2ccc(C)cc2)cc1. The molecule has 3 aromatic carbocycles. The first-order valence-electron chi connectivity index (χ1n) is 10.7. The molecule has 0 aromatic heterocycles. The van der Waals surface area contributed by atoms with E-state index in [1.165, 1.54) is 0 Å². The zero-order chi connectivity index (χ0) is 24.3. The average molecular weight is 462 g/mol. The van der Waals surface area contributed by atoms with Crippen LogP contribution in [0.15, 0.2) is 72.8 Å². The Morgan fingerprint density at radius 2 is 1.53 bits per heavy atom. The Morgan fingerprint density at radius 3 is 2.24 bits per heavy atom. The Labute approximate surface area is 198 Å². The summed E-state index contributed by atoms with van der Waals surface area (Å²) in [4.78, 5) is 36.9. The Kier molecular flexibility index (Phi) is 8.62. The number of methoxy groups -OCH3 is 1. The summed E-state index contributed by atoms with van der Waals surface area (Å²) in [5, 5.41) is 8.05. The maximum atomic E-state index is 12.6. The van der Waals surface area contributed by atoms with E-state index in [-0.39, 0.29) is 36.3 Å². The smallest absolute Gasteiger partial charge is 0.262 e. The lowest BCUT2D eigenvalue weighted by Crippen LogP contribution is -2.36. The van der Waals surface area contributed by atoms with E-state index in [4.69, 9.17) is 9.47 Å². The summed E-state index contributed by atoms with van der Waals surface area (Å²) in [5.41, 5.74) is 2.93. The van der Waals surface area contributed by atoms with Crippen molar-refractivity contribution in [1.29, 1.82) is 0 Å². The van der Waals surface area contributed by atoms with E-state index >= 15 is 0 Å². The molecule has 3 rings (SSSR count). The van der Waals surface area contributed by atoms with Crippen LogP contribution >= 0.6 is 0 Å². The van der Waals surface area contributed by atoms with E-state index in [1.807, 2.05) is 31.2 Å². The summed E-state index contributed by atoms with van der Waals surface area (Å²) >= 11 is 0. The topological polar surface area (TPSA) is 106 Å². The molecule has 8 heteroatoms. The molecule has 0 saturated heterocycles. The molecule has 0 saturated carbocycles. The molecular formula is C26H27N3O5. The molecule has 34 heavy (non-hydrogen) atoms. The average Bonchev–Trinajstić information content (AvgIpc) is 2.86. The summed E-state index contributed by atoms with van der Waals surface area (Å²) < 4.78 is 10.6. The summed E-state index contributed by atoms with van der Waals surface area (Å²) in [6, 6.07) is 21.2. The highest BCUT2D eigenvalue weighted by Gasteiger charge is 2.14. The second-order valence-electron chi connectivity index (χ2n) is 7.51. The number of aryl methyl sites for hydroxylation is 1. The number of amides is 3. The Bertz CT molecular complexity index is 1130. The van der Waals surface area contributed by atoms with Crippen molar-refractivity contribution in [3.63, 3.8) is 0 Å². The van der Waals surface area contributed by atoms with Crippen molar-refractivity contribution in [3.05, 3.63) is 89.5 Å². The number of para-hydroxylation sites is 1. The van der Waals surface area contributed by atoms with Gasteiger partial charge in [0.05, 0.1) is 19.2 Å². The summed E-state index contributed by atoms with van der Waals surface area (Å²) in [6.07, 6.45) is 0. The molecule has 0 fully saturated rings. The molecule has 0 atom stereocenters. The van der Waals surface area contributed by atoms with Gasteiger partial charge < -0.3 is 25.4 Å². The van der Waals surface area contributed by atoms with Gasteiger partial charge >= 0.3 is 0 Å². The van der Waals surface area contributed by atoms with Crippen LogP contribution < -0.4 is 25.4 Å². The highest BCUT2D eigenvalue weighted by molar-refractivity contribution is 5.99. The van der Waals surface area contributed by atoms with Crippen LogP contribution in [0.4, 0.5) is 5.69 Å². The lowest BCUT2D eigenvalue weighted by Gasteiger charge is -2.12. The van der Waals surface area contributed by atoms with Crippen molar-refractivity contribution < 1.29 is 23.9 Å². The lowest BCUT2D eigenvalue weighted by atomic mass is 10.1. The number of anilines is 1. The molecule has 0 heterocycles. The Hall–Kier alpha value is -4.33. The van der Waals surface area contributed by atoms with Crippen LogP contribution in [0, 0.1) is 6.92 Å². The second kappa shape index (κ2) is 12.1. The molecule has 0 bridgehead atoms. The number of carbonyl (C=O) groups excluding carboxylic acids is 3. The molecule has 0 aliphatic carbocycles. The highest BCUT2D eigenvalue weighted by Crippen LogP contribution is 2.18. The molecule has 8 nitrogen and oxygen atoms in total. The first kappa shape index (κ1) is 24.3. The fourth-order valence-corrected chi connectivity index (χ4v) is 3.02. The van der Waals surface area contributed by atoms with Crippen molar-refractivity contribution in [2.24, 2.45) is 0 Å². The molecule has 176 valence electrons. The van der Waals surface area contributed by atoms with Gasteiger partial charge in [-0.05, 0) is 48.9 Å². The number of carbonyl (C=O) groups is 3. The van der Waals surface area contributed by atoms with E-state index in [0.29, 0.717) is 18.0 Å². The number of rotatable bonds is 10. The quantitative estimate of drug-likeness (QED) is 0.430. The number of hydrogen-bond donors (Lipinski definition) is 3. The van der Waals surface area contributed by atoms with Gasteiger partial charge in [-0.1, -0.05) is 42.0 Å². The molecular weight excluding hydrogens is 434 g/mol. The van der Waals surface area contributed by atoms with Crippen LogP contribution in [0.5, 0.6) is 11.5 Å². The van der Waals surface area contributed by atoms with E-state index in [0.717, 1.165) is 11.1 Å². The van der Waals surface area contributed by atoms with Crippen molar-refractivity contribution in [2.75, 3.05) is 25.6 Å². The molecule has 0 unspecified atom stereocenters. The van der Waals surface area contributed by atoms with Crippen molar-refractivity contribution in [2.45, 2.75) is 13.5 Å². The van der Waals surface area contributed by atoms with E-state index < -0.39 is 5.91 Å². The van der Waals surface area contributed by atoms with Crippen LogP contribution in [-0.4, -0.2) is 38.0 Å². The van der Waals surface area contributed by atoms with Gasteiger partial charge in [-0.3, -0.25) is 14.4 Å². The minimum Gasteiger partial charge on any atom is -0.497 e. The molecule has 3 aromatic rings. The maximum Gasteiger partial charge on any atom is 0.262 e. The molecule has 0 radical (unpaired) electrons. The third-order valence-corrected chi connectivity index (χ3v) is 4.88. The fraction of sp³-hybridized carbons (Fsp3) is 0.192. The maximum absolute atomic E-state index is 12.6. The van der Waals surface area contributed by atoms with Gasteiger partial charge in [-0.25, -0.2) is 0 Å². The highest BCUT2D eigenvalue weighted by atomic mass is 16.5. The van der Waals surface area contributed by atoms with Crippen LogP contribution in [0.1, 0.15) is 21.5 Å². The standard InChI is InChI=1S/C26H27N3O5/c1-18-7-9-19(10-8-18)15-27-24(30)16-28-26(32)22-5-3-4-6-23(22)34-17-25(31)29-20-11-13-21(33-2)14-12-20/h3-14H,15-17H2,1-2H3,(H,27,30)(H,28,32)(H,29,31). The third-order valence-electron chi connectivity index (χ3n) is 4.88. The van der Waals surface area contributed by atoms with Crippen LogP contribution in [0.2, 0.25) is 0 Å². The largest absolute Gasteiger partial charge is 0.497 e. The summed E-state index contributed by atoms with van der Waals surface area (Å²) in [5.74, 6) is -0.248. The van der Waals surface area contributed by atoms with Gasteiger partial charge in [0.15, 0.2) is 6.61 Å². The Balaban J connectivity index is 1.48. The van der Waals surface area contributed by atoms with Gasteiger partial charge in [-0.2, -0.15) is 0 Å². The first-order chi connectivity index (χ1) is 16.4. The van der Waals surface area contributed by atoms with E-state index in [1.54, 1.807) is 55.6 Å². The van der Waals surface area contributed by atoms with Gasteiger partial charge in [0.2, 0.25) is 5.91 Å². The minimum atomic E-state index is -0.475. The number of nitrogens with one attached hydrogen (secondary N) is 3. The summed E-state index contributed by atoms with van der Waals surface area (Å²) in [6.45, 7) is 1.90. The molecule has 0 spiro atoms. The van der Waals surface area contributed by atoms with E-state index in [9.17, 15) is 14.4 Å². The van der Waals surface area contributed by atoms with E-state index in [2.05, 4.69) is 16.0 Å². The van der Waals surface area contributed by atoms with Crippen molar-refractivity contribution >= 4 is 23.4 Å². The monoisotopic (exact) mass is 461 g/mol. The van der Waals surface area contributed by atoms with Crippen LogP contribution in [0.3, 0.4) is 0 Å².